The van der Waals surface area contributed by atoms with E-state index in [1.807, 2.05) is 30.3 Å². The van der Waals surface area contributed by atoms with E-state index >= 15 is 0 Å². The number of hydrogen-bond donors (Lipinski definition) is 1. The highest BCUT2D eigenvalue weighted by atomic mass is 19.1. The van der Waals surface area contributed by atoms with Gasteiger partial charge >= 0.3 is 0 Å². The molecule has 4 rings (SSSR count). The molecule has 0 atom stereocenters. The largest absolute Gasteiger partial charge is 0.489 e. The molecule has 0 saturated carbocycles. The number of nitrogens with one attached hydrogen (secondary N) is 1. The fraction of sp³-hybridized carbons (Fsp3) is 0.0769. The van der Waals surface area contributed by atoms with Crippen LogP contribution in [0.1, 0.15) is 21.5 Å². The van der Waals surface area contributed by atoms with Gasteiger partial charge in [0.15, 0.2) is 0 Å². The number of anilines is 1. The fourth-order valence-corrected chi connectivity index (χ4v) is 3.22. The average Bonchev–Trinajstić information content (AvgIpc) is 2.81. The van der Waals surface area contributed by atoms with E-state index in [0.717, 1.165) is 11.1 Å². The summed E-state index contributed by atoms with van der Waals surface area (Å²) in [6.45, 7) is 0.647. The van der Waals surface area contributed by atoms with E-state index in [4.69, 9.17) is 4.74 Å². The molecule has 0 bridgehead atoms. The van der Waals surface area contributed by atoms with Crippen molar-refractivity contribution in [2.45, 2.75) is 13.2 Å². The molecule has 1 N–H and O–H groups in total. The number of ether oxygens (including phenoxy) is 1. The highest BCUT2D eigenvalue weighted by Crippen LogP contribution is 2.19. The van der Waals surface area contributed by atoms with Crippen molar-refractivity contribution < 1.29 is 13.9 Å². The molecule has 160 valence electrons. The van der Waals surface area contributed by atoms with Crippen LogP contribution in [-0.2, 0) is 13.2 Å². The number of pyridine rings is 1. The standard InChI is InChI=1S/C26H21FN2O3/c27-21-13-11-20(12-14-21)18-32-23-9-4-8-22(16-23)28-25(30)24-10-5-15-29(26(24)31)17-19-6-2-1-3-7-19/h1-16H,17-18H2,(H,28,30). The third kappa shape index (κ3) is 5.29. The Balaban J connectivity index is 1.45. The molecular formula is C26H21FN2O3. The molecule has 4 aromatic rings. The van der Waals surface area contributed by atoms with E-state index in [1.165, 1.54) is 22.8 Å². The summed E-state index contributed by atoms with van der Waals surface area (Å²) in [5.74, 6) is -0.253. The molecule has 0 saturated heterocycles. The number of rotatable bonds is 7. The molecule has 0 aliphatic rings. The number of halogens is 1. The number of carbonyl (C=O) groups excluding carboxylic acids is 1. The summed E-state index contributed by atoms with van der Waals surface area (Å²) >= 11 is 0. The van der Waals surface area contributed by atoms with Gasteiger partial charge in [0.05, 0.1) is 6.54 Å². The highest BCUT2D eigenvalue weighted by molar-refractivity contribution is 6.04. The molecule has 0 unspecified atom stereocenters. The first-order chi connectivity index (χ1) is 15.6. The monoisotopic (exact) mass is 428 g/mol. The number of hydrogen-bond acceptors (Lipinski definition) is 3. The van der Waals surface area contributed by atoms with Gasteiger partial charge in [-0.3, -0.25) is 9.59 Å². The van der Waals surface area contributed by atoms with E-state index in [-0.39, 0.29) is 23.5 Å². The Labute approximate surface area is 184 Å². The number of benzene rings is 3. The maximum atomic E-state index is 13.0. The lowest BCUT2D eigenvalue weighted by atomic mass is 10.2. The van der Waals surface area contributed by atoms with Gasteiger partial charge in [0.1, 0.15) is 23.7 Å². The van der Waals surface area contributed by atoms with Crippen LogP contribution in [0.3, 0.4) is 0 Å². The van der Waals surface area contributed by atoms with Gasteiger partial charge in [0, 0.05) is 18.0 Å². The Morgan fingerprint density at radius 2 is 1.66 bits per heavy atom. The maximum Gasteiger partial charge on any atom is 0.263 e. The van der Waals surface area contributed by atoms with Crippen LogP contribution in [0.15, 0.2) is 102 Å². The van der Waals surface area contributed by atoms with Gasteiger partial charge in [-0.2, -0.15) is 0 Å². The molecule has 1 aromatic heterocycles. The molecule has 0 spiro atoms. The number of amides is 1. The zero-order chi connectivity index (χ0) is 22.3. The quantitative estimate of drug-likeness (QED) is 0.457. The van der Waals surface area contributed by atoms with Crippen LogP contribution in [0.2, 0.25) is 0 Å². The Morgan fingerprint density at radius 1 is 0.875 bits per heavy atom. The first kappa shape index (κ1) is 21.1. The van der Waals surface area contributed by atoms with Crippen LogP contribution < -0.4 is 15.6 Å². The first-order valence-electron chi connectivity index (χ1n) is 10.1. The molecular weight excluding hydrogens is 407 g/mol. The molecule has 3 aromatic carbocycles. The Kier molecular flexibility index (Phi) is 6.41. The summed E-state index contributed by atoms with van der Waals surface area (Å²) < 4.78 is 20.3. The normalized spacial score (nSPS) is 10.5. The van der Waals surface area contributed by atoms with Crippen LogP contribution in [0, 0.1) is 5.82 Å². The predicted octanol–water partition coefficient (Wildman–Crippen LogP) is 4.87. The Morgan fingerprint density at radius 3 is 2.44 bits per heavy atom. The fourth-order valence-electron chi connectivity index (χ4n) is 3.22. The lowest BCUT2D eigenvalue weighted by molar-refractivity contribution is 0.102. The van der Waals surface area contributed by atoms with E-state index in [0.29, 0.717) is 18.0 Å². The van der Waals surface area contributed by atoms with Crippen LogP contribution in [0.25, 0.3) is 0 Å². The lowest BCUT2D eigenvalue weighted by Crippen LogP contribution is -2.29. The third-order valence-electron chi connectivity index (χ3n) is 4.87. The SMILES string of the molecule is O=C(Nc1cccc(OCc2ccc(F)cc2)c1)c1cccn(Cc2ccccc2)c1=O. The zero-order valence-electron chi connectivity index (χ0n) is 17.2. The van der Waals surface area contributed by atoms with Gasteiger partial charge in [0.2, 0.25) is 0 Å². The molecule has 1 heterocycles. The third-order valence-corrected chi connectivity index (χ3v) is 4.87. The molecule has 0 aliphatic heterocycles. The van der Waals surface area contributed by atoms with Gasteiger partial charge in [-0.15, -0.1) is 0 Å². The second-order valence-electron chi connectivity index (χ2n) is 7.24. The van der Waals surface area contributed by atoms with Gasteiger partial charge in [-0.25, -0.2) is 4.39 Å². The van der Waals surface area contributed by atoms with Gasteiger partial charge in [-0.1, -0.05) is 48.5 Å². The summed E-state index contributed by atoms with van der Waals surface area (Å²) in [5, 5.41) is 2.75. The van der Waals surface area contributed by atoms with Crippen molar-refractivity contribution >= 4 is 11.6 Å². The predicted molar refractivity (Wildman–Crippen MR) is 121 cm³/mol. The minimum atomic E-state index is -0.493. The van der Waals surface area contributed by atoms with Gasteiger partial charge in [-0.05, 0) is 47.5 Å². The summed E-state index contributed by atoms with van der Waals surface area (Å²) in [7, 11) is 0. The van der Waals surface area contributed by atoms with Crippen molar-refractivity contribution in [1.29, 1.82) is 0 Å². The highest BCUT2D eigenvalue weighted by Gasteiger charge is 2.13. The smallest absolute Gasteiger partial charge is 0.263 e. The molecule has 0 radical (unpaired) electrons. The van der Waals surface area contributed by atoms with Crippen molar-refractivity contribution in [2.24, 2.45) is 0 Å². The van der Waals surface area contributed by atoms with Gasteiger partial charge in [0.25, 0.3) is 11.5 Å². The van der Waals surface area contributed by atoms with Crippen molar-refractivity contribution in [3.05, 3.63) is 130 Å². The average molecular weight is 428 g/mol. The van der Waals surface area contributed by atoms with Crippen molar-refractivity contribution in [3.8, 4) is 5.75 Å². The minimum Gasteiger partial charge on any atom is -0.489 e. The molecule has 5 nitrogen and oxygen atoms in total. The second-order valence-corrected chi connectivity index (χ2v) is 7.24. The van der Waals surface area contributed by atoms with E-state index < -0.39 is 5.91 Å². The Hall–Kier alpha value is -4.19. The van der Waals surface area contributed by atoms with E-state index in [2.05, 4.69) is 5.32 Å². The van der Waals surface area contributed by atoms with Gasteiger partial charge < -0.3 is 14.6 Å². The van der Waals surface area contributed by atoms with Crippen molar-refractivity contribution in [2.75, 3.05) is 5.32 Å². The molecule has 6 heteroatoms. The lowest BCUT2D eigenvalue weighted by Gasteiger charge is -2.11. The minimum absolute atomic E-state index is 0.0565. The van der Waals surface area contributed by atoms with Crippen LogP contribution in [0.4, 0.5) is 10.1 Å². The maximum absolute atomic E-state index is 13.0. The van der Waals surface area contributed by atoms with E-state index in [9.17, 15) is 14.0 Å². The topological polar surface area (TPSA) is 60.3 Å². The summed E-state index contributed by atoms with van der Waals surface area (Å²) in [6, 6.07) is 25.7. The van der Waals surface area contributed by atoms with Crippen molar-refractivity contribution in [1.82, 2.24) is 4.57 Å². The summed E-state index contributed by atoms with van der Waals surface area (Å²) in [5.41, 5.74) is 1.99. The Bertz CT molecular complexity index is 1270. The summed E-state index contributed by atoms with van der Waals surface area (Å²) in [4.78, 5) is 25.6. The number of aromatic nitrogens is 1. The van der Waals surface area contributed by atoms with Crippen LogP contribution in [0.5, 0.6) is 5.75 Å². The molecule has 0 fully saturated rings. The molecule has 1 amide bonds. The summed E-state index contributed by atoms with van der Waals surface area (Å²) in [6.07, 6.45) is 1.66. The molecule has 32 heavy (non-hydrogen) atoms. The second kappa shape index (κ2) is 9.75. The number of carbonyl (C=O) groups is 1. The van der Waals surface area contributed by atoms with E-state index in [1.54, 1.807) is 48.7 Å². The first-order valence-corrected chi connectivity index (χ1v) is 10.1. The van der Waals surface area contributed by atoms with Crippen molar-refractivity contribution in [3.63, 3.8) is 0 Å². The van der Waals surface area contributed by atoms with Crippen LogP contribution >= 0.6 is 0 Å². The zero-order valence-corrected chi connectivity index (χ0v) is 17.2. The van der Waals surface area contributed by atoms with Crippen LogP contribution in [-0.4, -0.2) is 10.5 Å². The molecule has 0 aliphatic carbocycles. The number of nitrogens with zero attached hydrogens (tertiary/aromatic N) is 1.